The first-order chi connectivity index (χ1) is 14.5. The van der Waals surface area contributed by atoms with Crippen molar-refractivity contribution in [1.82, 2.24) is 0 Å². The number of hydrogen-bond donors (Lipinski definition) is 0. The van der Waals surface area contributed by atoms with Crippen LogP contribution in [0.1, 0.15) is 21.5 Å². The first kappa shape index (κ1) is 21.3. The van der Waals surface area contributed by atoms with Crippen molar-refractivity contribution in [3.8, 4) is 5.75 Å². The molecule has 0 N–H and O–H groups in total. The molecule has 0 fully saturated rings. The fourth-order valence-corrected chi connectivity index (χ4v) is 4.42. The van der Waals surface area contributed by atoms with Gasteiger partial charge in [-0.15, -0.1) is 0 Å². The number of aryl methyl sites for hydroxylation is 1. The summed E-state index contributed by atoms with van der Waals surface area (Å²) >= 11 is 0. The van der Waals surface area contributed by atoms with Crippen molar-refractivity contribution in [2.75, 3.05) is 18.0 Å². The molecule has 0 heterocycles. The first-order valence-corrected chi connectivity index (χ1v) is 10.8. The largest absolute Gasteiger partial charge is 0.496 e. The van der Waals surface area contributed by atoms with Crippen molar-refractivity contribution < 1.29 is 17.9 Å². The second-order valence-electron chi connectivity index (χ2n) is 6.71. The van der Waals surface area contributed by atoms with Crippen LogP contribution in [0.5, 0.6) is 5.75 Å². The normalized spacial score (nSPS) is 11.4. The smallest absolute Gasteiger partial charge is 0.264 e. The monoisotopic (exact) mass is 421 g/mol. The Labute approximate surface area is 177 Å². The van der Waals surface area contributed by atoms with Crippen LogP contribution in [0.15, 0.2) is 83.8 Å². The van der Waals surface area contributed by atoms with Crippen LogP contribution >= 0.6 is 0 Å². The minimum absolute atomic E-state index is 0.0938. The van der Waals surface area contributed by atoms with Gasteiger partial charge < -0.3 is 4.74 Å². The molecule has 6 heteroatoms. The summed E-state index contributed by atoms with van der Waals surface area (Å²) in [6, 6.07) is 20.7. The van der Waals surface area contributed by atoms with Crippen molar-refractivity contribution in [2.45, 2.75) is 11.8 Å². The van der Waals surface area contributed by atoms with Gasteiger partial charge in [0.05, 0.1) is 24.2 Å². The van der Waals surface area contributed by atoms with Crippen molar-refractivity contribution in [1.29, 1.82) is 0 Å². The lowest BCUT2D eigenvalue weighted by Gasteiger charge is -2.23. The highest BCUT2D eigenvalue weighted by molar-refractivity contribution is 7.92. The molecule has 0 atom stereocenters. The Kier molecular flexibility index (Phi) is 6.69. The van der Waals surface area contributed by atoms with Gasteiger partial charge in [-0.05, 0) is 37.3 Å². The summed E-state index contributed by atoms with van der Waals surface area (Å²) in [6.07, 6.45) is 4.28. The molecule has 0 unspecified atom stereocenters. The number of methoxy groups -OCH3 is 1. The summed E-state index contributed by atoms with van der Waals surface area (Å²) in [7, 11) is -2.24. The summed E-state index contributed by atoms with van der Waals surface area (Å²) in [6.45, 7) is 1.99. The number of ether oxygens (including phenoxy) is 1. The fourth-order valence-electron chi connectivity index (χ4n) is 3.01. The molecular formula is C24H23NO4S. The van der Waals surface area contributed by atoms with E-state index in [-0.39, 0.29) is 11.4 Å². The third kappa shape index (κ3) is 4.78. The van der Waals surface area contributed by atoms with Gasteiger partial charge >= 0.3 is 0 Å². The van der Waals surface area contributed by atoms with E-state index in [1.54, 1.807) is 61.7 Å². The highest BCUT2D eigenvalue weighted by atomic mass is 32.2. The minimum Gasteiger partial charge on any atom is -0.496 e. The zero-order valence-corrected chi connectivity index (χ0v) is 17.7. The van der Waals surface area contributed by atoms with E-state index in [0.29, 0.717) is 23.3 Å². The molecule has 154 valence electrons. The number of sulfonamides is 1. The van der Waals surface area contributed by atoms with E-state index in [1.165, 1.54) is 4.31 Å². The molecule has 30 heavy (non-hydrogen) atoms. The second kappa shape index (κ2) is 9.41. The van der Waals surface area contributed by atoms with E-state index in [2.05, 4.69) is 0 Å². The van der Waals surface area contributed by atoms with Crippen molar-refractivity contribution in [3.63, 3.8) is 0 Å². The summed E-state index contributed by atoms with van der Waals surface area (Å²) in [5.41, 5.74) is 2.64. The van der Waals surface area contributed by atoms with Crippen LogP contribution in [0, 0.1) is 6.92 Å². The standard InChI is InChI=1S/C24H23NO4S/c1-19-12-14-23(15-13-19)30(27,28)25(22-10-5-7-20(17-22)18-26)16-6-9-21-8-3-4-11-24(21)29-2/h3-15,17-18H,16H2,1-2H3. The van der Waals surface area contributed by atoms with Crippen molar-refractivity contribution in [2.24, 2.45) is 0 Å². The van der Waals surface area contributed by atoms with Gasteiger partial charge in [0.1, 0.15) is 12.0 Å². The number of anilines is 1. The lowest BCUT2D eigenvalue weighted by atomic mass is 10.2. The molecular weight excluding hydrogens is 398 g/mol. The van der Waals surface area contributed by atoms with Gasteiger partial charge in [-0.3, -0.25) is 9.10 Å². The Morgan fingerprint density at radius 3 is 2.40 bits per heavy atom. The van der Waals surface area contributed by atoms with Gasteiger partial charge in [0, 0.05) is 11.1 Å². The average Bonchev–Trinajstić information content (AvgIpc) is 2.77. The van der Waals surface area contributed by atoms with Gasteiger partial charge in [-0.25, -0.2) is 8.42 Å². The lowest BCUT2D eigenvalue weighted by Crippen LogP contribution is -2.31. The van der Waals surface area contributed by atoms with Gasteiger partial charge in [0.25, 0.3) is 10.0 Å². The van der Waals surface area contributed by atoms with Gasteiger partial charge in [0.15, 0.2) is 0 Å². The van der Waals surface area contributed by atoms with Crippen LogP contribution in [-0.2, 0) is 10.0 Å². The average molecular weight is 422 g/mol. The summed E-state index contributed by atoms with van der Waals surface area (Å²) in [4.78, 5) is 11.4. The Morgan fingerprint density at radius 2 is 1.70 bits per heavy atom. The number of benzene rings is 3. The molecule has 3 aromatic rings. The molecule has 0 aliphatic heterocycles. The van der Waals surface area contributed by atoms with Crippen LogP contribution < -0.4 is 9.04 Å². The quantitative estimate of drug-likeness (QED) is 0.494. The molecule has 3 rings (SSSR count). The predicted molar refractivity (Wildman–Crippen MR) is 120 cm³/mol. The van der Waals surface area contributed by atoms with Crippen LogP contribution in [0.3, 0.4) is 0 Å². The lowest BCUT2D eigenvalue weighted by molar-refractivity contribution is 0.112. The third-order valence-corrected chi connectivity index (χ3v) is 6.42. The summed E-state index contributed by atoms with van der Waals surface area (Å²) < 4.78 is 33.4. The Balaban J connectivity index is 2.00. The van der Waals surface area contributed by atoms with Gasteiger partial charge in [-0.1, -0.05) is 60.2 Å². The van der Waals surface area contributed by atoms with Gasteiger partial charge in [0.2, 0.25) is 0 Å². The highest BCUT2D eigenvalue weighted by Crippen LogP contribution is 2.25. The molecule has 0 amide bonds. The van der Waals surface area contributed by atoms with Crippen molar-refractivity contribution >= 4 is 28.1 Å². The molecule has 5 nitrogen and oxygen atoms in total. The fraction of sp³-hybridized carbons (Fsp3) is 0.125. The zero-order valence-electron chi connectivity index (χ0n) is 16.9. The Bertz CT molecular complexity index is 1150. The Morgan fingerprint density at radius 1 is 0.967 bits per heavy atom. The van der Waals surface area contributed by atoms with Crippen LogP contribution in [-0.4, -0.2) is 28.4 Å². The highest BCUT2D eigenvalue weighted by Gasteiger charge is 2.24. The summed E-state index contributed by atoms with van der Waals surface area (Å²) in [5.74, 6) is 0.699. The molecule has 0 bridgehead atoms. The van der Waals surface area contributed by atoms with E-state index >= 15 is 0 Å². The molecule has 0 saturated carbocycles. The Hall–Kier alpha value is -3.38. The molecule has 0 aliphatic carbocycles. The third-order valence-electron chi connectivity index (χ3n) is 4.61. The maximum atomic E-state index is 13.4. The molecule has 0 radical (unpaired) electrons. The van der Waals surface area contributed by atoms with Crippen LogP contribution in [0.4, 0.5) is 5.69 Å². The maximum absolute atomic E-state index is 13.4. The molecule has 3 aromatic carbocycles. The van der Waals surface area contributed by atoms with E-state index in [1.807, 2.05) is 37.3 Å². The number of nitrogens with zero attached hydrogens (tertiary/aromatic N) is 1. The summed E-state index contributed by atoms with van der Waals surface area (Å²) in [5, 5.41) is 0. The molecule has 0 saturated heterocycles. The number of para-hydroxylation sites is 1. The van der Waals surface area contributed by atoms with E-state index < -0.39 is 10.0 Å². The number of carbonyl (C=O) groups excluding carboxylic acids is 1. The van der Waals surface area contributed by atoms with E-state index in [0.717, 1.165) is 11.1 Å². The maximum Gasteiger partial charge on any atom is 0.264 e. The molecule has 0 aromatic heterocycles. The topological polar surface area (TPSA) is 63.7 Å². The first-order valence-electron chi connectivity index (χ1n) is 9.40. The van der Waals surface area contributed by atoms with Crippen LogP contribution in [0.2, 0.25) is 0 Å². The molecule has 0 aliphatic rings. The number of hydrogen-bond acceptors (Lipinski definition) is 4. The minimum atomic E-state index is -3.83. The SMILES string of the molecule is COc1ccccc1C=CCN(c1cccc(C=O)c1)S(=O)(=O)c1ccc(C)cc1. The van der Waals surface area contributed by atoms with E-state index in [4.69, 9.17) is 4.74 Å². The number of aldehydes is 1. The number of rotatable bonds is 8. The predicted octanol–water partition coefficient (Wildman–Crippen LogP) is 4.72. The zero-order chi connectivity index (χ0) is 21.6. The molecule has 0 spiro atoms. The second-order valence-corrected chi connectivity index (χ2v) is 8.57. The van der Waals surface area contributed by atoms with Gasteiger partial charge in [-0.2, -0.15) is 0 Å². The van der Waals surface area contributed by atoms with Crippen LogP contribution in [0.25, 0.3) is 6.08 Å². The number of carbonyl (C=O) groups is 1. The van der Waals surface area contributed by atoms with E-state index in [9.17, 15) is 13.2 Å². The van der Waals surface area contributed by atoms with Crippen molar-refractivity contribution in [3.05, 3.63) is 95.6 Å².